The largest absolute Gasteiger partial charge is 0.489 e. The molecule has 0 unspecified atom stereocenters. The minimum Gasteiger partial charge on any atom is -0.489 e. The molecule has 0 saturated carbocycles. The van der Waals surface area contributed by atoms with Crippen molar-refractivity contribution >= 4 is 11.7 Å². The van der Waals surface area contributed by atoms with Gasteiger partial charge in [-0.15, -0.1) is 0 Å². The fourth-order valence-electron chi connectivity index (χ4n) is 1.25. The maximum Gasteiger partial charge on any atom is 0.338 e. The molecule has 1 aromatic rings. The van der Waals surface area contributed by atoms with Crippen LogP contribution in [0.3, 0.4) is 0 Å². The van der Waals surface area contributed by atoms with Crippen molar-refractivity contribution in [2.45, 2.75) is 26.9 Å². The molecule has 0 aliphatic heterocycles. The van der Waals surface area contributed by atoms with Crippen LogP contribution in [0.5, 0.6) is 5.75 Å². The molecule has 0 spiro atoms. The summed E-state index contributed by atoms with van der Waals surface area (Å²) in [7, 11) is 0. The standard InChI is InChI=1S/C12H17NO3/c1-4-15-12(14)9-5-6-11(10(13)7-9)16-8(2)3/h5-8H,4,13H2,1-3H3. The highest BCUT2D eigenvalue weighted by molar-refractivity contribution is 5.91. The zero-order valence-electron chi connectivity index (χ0n) is 9.82. The third-order valence-corrected chi connectivity index (χ3v) is 1.88. The Morgan fingerprint density at radius 3 is 2.62 bits per heavy atom. The highest BCUT2D eigenvalue weighted by Gasteiger charge is 2.10. The van der Waals surface area contributed by atoms with E-state index < -0.39 is 0 Å². The summed E-state index contributed by atoms with van der Waals surface area (Å²) in [4.78, 5) is 11.4. The summed E-state index contributed by atoms with van der Waals surface area (Å²) in [5, 5.41) is 0. The molecule has 88 valence electrons. The lowest BCUT2D eigenvalue weighted by Crippen LogP contribution is -2.09. The van der Waals surface area contributed by atoms with Gasteiger partial charge in [0.05, 0.1) is 24.0 Å². The molecule has 0 aliphatic rings. The second-order valence-electron chi connectivity index (χ2n) is 3.64. The summed E-state index contributed by atoms with van der Waals surface area (Å²) in [5.74, 6) is 0.216. The lowest BCUT2D eigenvalue weighted by atomic mass is 10.2. The van der Waals surface area contributed by atoms with E-state index in [4.69, 9.17) is 15.2 Å². The molecule has 2 N–H and O–H groups in total. The van der Waals surface area contributed by atoms with E-state index in [0.717, 1.165) is 0 Å². The van der Waals surface area contributed by atoms with Crippen LogP contribution in [0.4, 0.5) is 5.69 Å². The molecule has 1 aromatic carbocycles. The summed E-state index contributed by atoms with van der Waals surface area (Å²) < 4.78 is 10.3. The van der Waals surface area contributed by atoms with Crippen LogP contribution in [-0.2, 0) is 4.74 Å². The molecule has 0 bridgehead atoms. The molecule has 0 fully saturated rings. The van der Waals surface area contributed by atoms with E-state index in [1.165, 1.54) is 0 Å². The Morgan fingerprint density at radius 1 is 1.44 bits per heavy atom. The molecular formula is C12H17NO3. The van der Waals surface area contributed by atoms with Gasteiger partial charge in [0.15, 0.2) is 0 Å². The Hall–Kier alpha value is -1.71. The molecule has 4 heteroatoms. The summed E-state index contributed by atoms with van der Waals surface area (Å²) in [6, 6.07) is 4.89. The van der Waals surface area contributed by atoms with Gasteiger partial charge in [-0.3, -0.25) is 0 Å². The number of rotatable bonds is 4. The average Bonchev–Trinajstić information content (AvgIpc) is 2.20. The molecule has 0 atom stereocenters. The number of carbonyl (C=O) groups excluding carboxylic acids is 1. The molecule has 0 aromatic heterocycles. The quantitative estimate of drug-likeness (QED) is 0.628. The van der Waals surface area contributed by atoms with Crippen molar-refractivity contribution in [1.29, 1.82) is 0 Å². The highest BCUT2D eigenvalue weighted by Crippen LogP contribution is 2.23. The van der Waals surface area contributed by atoms with Gasteiger partial charge in [-0.25, -0.2) is 4.79 Å². The summed E-state index contributed by atoms with van der Waals surface area (Å²) in [6.07, 6.45) is 0.0516. The van der Waals surface area contributed by atoms with Gasteiger partial charge < -0.3 is 15.2 Å². The Balaban J connectivity index is 2.86. The zero-order chi connectivity index (χ0) is 12.1. The summed E-state index contributed by atoms with van der Waals surface area (Å²) in [5.41, 5.74) is 6.65. The van der Waals surface area contributed by atoms with Gasteiger partial charge in [-0.1, -0.05) is 0 Å². The topological polar surface area (TPSA) is 61.5 Å². The molecule has 1 rings (SSSR count). The fourth-order valence-corrected chi connectivity index (χ4v) is 1.25. The van der Waals surface area contributed by atoms with Crippen LogP contribution in [0.1, 0.15) is 31.1 Å². The predicted molar refractivity (Wildman–Crippen MR) is 62.6 cm³/mol. The minimum atomic E-state index is -0.370. The highest BCUT2D eigenvalue weighted by atomic mass is 16.5. The zero-order valence-corrected chi connectivity index (χ0v) is 9.82. The van der Waals surface area contributed by atoms with Crippen molar-refractivity contribution < 1.29 is 14.3 Å². The Kier molecular flexibility index (Phi) is 4.17. The molecule has 0 aliphatic carbocycles. The monoisotopic (exact) mass is 223 g/mol. The van der Waals surface area contributed by atoms with E-state index in [1.807, 2.05) is 13.8 Å². The molecule has 16 heavy (non-hydrogen) atoms. The number of hydrogen-bond acceptors (Lipinski definition) is 4. The van der Waals surface area contributed by atoms with Crippen LogP contribution >= 0.6 is 0 Å². The summed E-state index contributed by atoms with van der Waals surface area (Å²) >= 11 is 0. The van der Waals surface area contributed by atoms with Gasteiger partial charge in [-0.2, -0.15) is 0 Å². The van der Waals surface area contributed by atoms with Gasteiger partial charge in [0.2, 0.25) is 0 Å². The number of carbonyl (C=O) groups is 1. The van der Waals surface area contributed by atoms with E-state index in [-0.39, 0.29) is 12.1 Å². The first-order chi connectivity index (χ1) is 7.54. The predicted octanol–water partition coefficient (Wildman–Crippen LogP) is 2.23. The van der Waals surface area contributed by atoms with Gasteiger partial charge >= 0.3 is 5.97 Å². The first kappa shape index (κ1) is 12.4. The first-order valence-corrected chi connectivity index (χ1v) is 5.28. The molecule has 0 amide bonds. The van der Waals surface area contributed by atoms with Crippen LogP contribution < -0.4 is 10.5 Å². The third-order valence-electron chi connectivity index (χ3n) is 1.88. The third kappa shape index (κ3) is 3.15. The van der Waals surface area contributed by atoms with Crippen molar-refractivity contribution in [3.05, 3.63) is 23.8 Å². The van der Waals surface area contributed by atoms with Crippen molar-refractivity contribution in [1.82, 2.24) is 0 Å². The number of ether oxygens (including phenoxy) is 2. The van der Waals surface area contributed by atoms with Gasteiger partial charge in [0.1, 0.15) is 5.75 Å². The normalized spacial score (nSPS) is 10.2. The molecular weight excluding hydrogens is 206 g/mol. The van der Waals surface area contributed by atoms with Crippen LogP contribution in [0.2, 0.25) is 0 Å². The van der Waals surface area contributed by atoms with Gasteiger partial charge in [0, 0.05) is 0 Å². The van der Waals surface area contributed by atoms with Crippen LogP contribution in [0.15, 0.2) is 18.2 Å². The van der Waals surface area contributed by atoms with Crippen LogP contribution in [0, 0.1) is 0 Å². The second-order valence-corrected chi connectivity index (χ2v) is 3.64. The smallest absolute Gasteiger partial charge is 0.338 e. The van der Waals surface area contributed by atoms with Crippen molar-refractivity contribution in [3.8, 4) is 5.75 Å². The van der Waals surface area contributed by atoms with Crippen molar-refractivity contribution in [2.24, 2.45) is 0 Å². The minimum absolute atomic E-state index is 0.0516. The Labute approximate surface area is 95.3 Å². The molecule has 0 heterocycles. The Bertz CT molecular complexity index is 375. The lowest BCUT2D eigenvalue weighted by molar-refractivity contribution is 0.0526. The van der Waals surface area contributed by atoms with Gasteiger partial charge in [-0.05, 0) is 39.0 Å². The number of nitrogens with two attached hydrogens (primary N) is 1. The number of nitrogen functional groups attached to an aromatic ring is 1. The van der Waals surface area contributed by atoms with E-state index in [0.29, 0.717) is 23.6 Å². The van der Waals surface area contributed by atoms with E-state index in [9.17, 15) is 4.79 Å². The maximum atomic E-state index is 11.4. The van der Waals surface area contributed by atoms with Crippen molar-refractivity contribution in [2.75, 3.05) is 12.3 Å². The van der Waals surface area contributed by atoms with Crippen LogP contribution in [-0.4, -0.2) is 18.7 Å². The number of hydrogen-bond donors (Lipinski definition) is 1. The Morgan fingerprint density at radius 2 is 2.12 bits per heavy atom. The SMILES string of the molecule is CCOC(=O)c1ccc(OC(C)C)c(N)c1. The second kappa shape index (κ2) is 5.39. The van der Waals surface area contributed by atoms with E-state index in [2.05, 4.69) is 0 Å². The molecule has 4 nitrogen and oxygen atoms in total. The average molecular weight is 223 g/mol. The van der Waals surface area contributed by atoms with E-state index in [1.54, 1.807) is 25.1 Å². The number of anilines is 1. The number of benzene rings is 1. The van der Waals surface area contributed by atoms with E-state index >= 15 is 0 Å². The molecule has 0 saturated heterocycles. The van der Waals surface area contributed by atoms with Crippen molar-refractivity contribution in [3.63, 3.8) is 0 Å². The van der Waals surface area contributed by atoms with Crippen LogP contribution in [0.25, 0.3) is 0 Å². The molecule has 0 radical (unpaired) electrons. The van der Waals surface area contributed by atoms with Gasteiger partial charge in [0.25, 0.3) is 0 Å². The number of esters is 1. The fraction of sp³-hybridized carbons (Fsp3) is 0.417. The lowest BCUT2D eigenvalue weighted by Gasteiger charge is -2.12. The maximum absolute atomic E-state index is 11.4. The summed E-state index contributed by atoms with van der Waals surface area (Å²) in [6.45, 7) is 5.94. The first-order valence-electron chi connectivity index (χ1n) is 5.28.